The molecule has 1 fully saturated rings. The zero-order chi connectivity index (χ0) is 24.3. The van der Waals surface area contributed by atoms with E-state index in [1.54, 1.807) is 12.0 Å². The molecule has 0 spiro atoms. The van der Waals surface area contributed by atoms with Gasteiger partial charge in [0.05, 0.1) is 7.11 Å². The predicted molar refractivity (Wildman–Crippen MR) is 136 cm³/mol. The Balaban J connectivity index is 1.56. The van der Waals surface area contributed by atoms with E-state index in [4.69, 9.17) is 20.2 Å². The number of benzene rings is 3. The monoisotopic (exact) mass is 469 g/mol. The maximum atomic E-state index is 14.3. The highest BCUT2D eigenvalue weighted by atomic mass is 16.5. The van der Waals surface area contributed by atoms with Crippen LogP contribution in [0, 0.1) is 0 Å². The lowest BCUT2D eigenvalue weighted by Crippen LogP contribution is -2.49. The lowest BCUT2D eigenvalue weighted by Gasteiger charge is -2.33. The molecule has 1 aliphatic carbocycles. The highest BCUT2D eigenvalue weighted by molar-refractivity contribution is 6.09. The van der Waals surface area contributed by atoms with Crippen molar-refractivity contribution in [3.05, 3.63) is 95.6 Å². The van der Waals surface area contributed by atoms with Crippen molar-refractivity contribution >= 4 is 11.9 Å². The van der Waals surface area contributed by atoms with Gasteiger partial charge in [-0.25, -0.2) is 4.99 Å². The van der Waals surface area contributed by atoms with Crippen LogP contribution in [0.25, 0.3) is 0 Å². The van der Waals surface area contributed by atoms with E-state index < -0.39 is 5.54 Å². The lowest BCUT2D eigenvalue weighted by molar-refractivity contribution is -0.132. The molecule has 2 aliphatic rings. The molecule has 6 nitrogen and oxygen atoms in total. The molecule has 1 aliphatic heterocycles. The molecule has 35 heavy (non-hydrogen) atoms. The topological polar surface area (TPSA) is 77.2 Å². The molecule has 180 valence electrons. The fraction of sp³-hybridized carbons (Fsp3) is 0.310. The summed E-state index contributed by atoms with van der Waals surface area (Å²) < 4.78 is 11.6. The minimum Gasteiger partial charge on any atom is -0.497 e. The van der Waals surface area contributed by atoms with Crippen LogP contribution in [0.3, 0.4) is 0 Å². The van der Waals surface area contributed by atoms with Crippen LogP contribution in [-0.4, -0.2) is 29.9 Å². The van der Waals surface area contributed by atoms with Gasteiger partial charge in [0.1, 0.15) is 18.1 Å². The smallest absolute Gasteiger partial charge is 0.266 e. The minimum absolute atomic E-state index is 0.0741. The molecule has 1 saturated carbocycles. The van der Waals surface area contributed by atoms with E-state index in [0.29, 0.717) is 18.1 Å². The second kappa shape index (κ2) is 9.82. The third-order valence-electron chi connectivity index (χ3n) is 6.98. The van der Waals surface area contributed by atoms with Crippen LogP contribution in [0.15, 0.2) is 83.9 Å². The van der Waals surface area contributed by atoms with Crippen molar-refractivity contribution in [1.82, 2.24) is 4.90 Å². The Morgan fingerprint density at radius 3 is 2.26 bits per heavy atom. The van der Waals surface area contributed by atoms with Crippen molar-refractivity contribution in [3.63, 3.8) is 0 Å². The highest BCUT2D eigenvalue weighted by Crippen LogP contribution is 2.43. The molecule has 0 saturated heterocycles. The molecule has 0 bridgehead atoms. The first-order valence-electron chi connectivity index (χ1n) is 12.2. The van der Waals surface area contributed by atoms with Crippen LogP contribution in [0.5, 0.6) is 11.5 Å². The van der Waals surface area contributed by atoms with Crippen molar-refractivity contribution in [2.75, 3.05) is 7.11 Å². The number of carbonyl (C=O) groups is 1. The van der Waals surface area contributed by atoms with Crippen LogP contribution in [0.4, 0.5) is 0 Å². The van der Waals surface area contributed by atoms with Gasteiger partial charge in [-0.1, -0.05) is 73.9 Å². The number of guanidine groups is 1. The van der Waals surface area contributed by atoms with E-state index in [0.717, 1.165) is 42.4 Å². The van der Waals surface area contributed by atoms with Crippen LogP contribution in [0.1, 0.15) is 48.8 Å². The van der Waals surface area contributed by atoms with Crippen LogP contribution >= 0.6 is 0 Å². The van der Waals surface area contributed by atoms with Crippen molar-refractivity contribution in [3.8, 4) is 11.5 Å². The maximum absolute atomic E-state index is 14.3. The number of nitrogens with zero attached hydrogens (tertiary/aromatic N) is 2. The second-order valence-electron chi connectivity index (χ2n) is 9.18. The van der Waals surface area contributed by atoms with Crippen LogP contribution < -0.4 is 15.2 Å². The van der Waals surface area contributed by atoms with Crippen LogP contribution in [0.2, 0.25) is 0 Å². The number of rotatable bonds is 7. The standard InChI is InChI=1S/C29H31N3O3/c1-34-25-16-8-12-22(18-25)29(27(33)32(28(30)31-29)24-14-6-3-7-15-24)23-13-9-17-26(19-23)35-20-21-10-4-2-5-11-21/h2,4-5,8-13,16-19,24H,3,6-7,14-15,20H2,1H3,(H2,30,31). The van der Waals surface area contributed by atoms with Gasteiger partial charge in [-0.3, -0.25) is 9.69 Å². The zero-order valence-electron chi connectivity index (χ0n) is 20.0. The Labute approximate surface area is 206 Å². The SMILES string of the molecule is COc1cccc(C2(c3cccc(OCc4ccccc4)c3)N=C(N)N(C3CCCCC3)C2=O)c1. The van der Waals surface area contributed by atoms with E-state index in [1.807, 2.05) is 78.9 Å². The number of amides is 1. The average Bonchev–Trinajstić information content (AvgIpc) is 3.19. The van der Waals surface area contributed by atoms with E-state index in [9.17, 15) is 4.79 Å². The van der Waals surface area contributed by atoms with Gasteiger partial charge < -0.3 is 15.2 Å². The summed E-state index contributed by atoms with van der Waals surface area (Å²) in [6.45, 7) is 0.435. The summed E-state index contributed by atoms with van der Waals surface area (Å²) in [5.74, 6) is 1.50. The first-order valence-corrected chi connectivity index (χ1v) is 12.2. The molecular formula is C29H31N3O3. The van der Waals surface area contributed by atoms with Gasteiger partial charge >= 0.3 is 0 Å². The molecule has 1 amide bonds. The number of ether oxygens (including phenoxy) is 2. The molecule has 3 aromatic carbocycles. The number of hydrogen-bond donors (Lipinski definition) is 1. The summed E-state index contributed by atoms with van der Waals surface area (Å²) in [5, 5.41) is 0. The molecule has 1 unspecified atom stereocenters. The van der Waals surface area contributed by atoms with Crippen molar-refractivity contribution in [2.45, 2.75) is 50.3 Å². The Kier molecular flexibility index (Phi) is 6.45. The zero-order valence-corrected chi connectivity index (χ0v) is 20.0. The van der Waals surface area contributed by atoms with Gasteiger partial charge in [0.2, 0.25) is 0 Å². The molecule has 3 aromatic rings. The summed E-state index contributed by atoms with van der Waals surface area (Å²) >= 11 is 0. The van der Waals surface area contributed by atoms with Crippen molar-refractivity contribution in [2.24, 2.45) is 10.7 Å². The van der Waals surface area contributed by atoms with Crippen molar-refractivity contribution < 1.29 is 14.3 Å². The largest absolute Gasteiger partial charge is 0.497 e. The Morgan fingerprint density at radius 2 is 1.57 bits per heavy atom. The summed E-state index contributed by atoms with van der Waals surface area (Å²) in [4.78, 5) is 20.9. The molecule has 2 N–H and O–H groups in total. The van der Waals surface area contributed by atoms with E-state index in [2.05, 4.69) is 0 Å². The minimum atomic E-state index is -1.29. The molecule has 0 aromatic heterocycles. The summed E-state index contributed by atoms with van der Waals surface area (Å²) in [7, 11) is 1.62. The fourth-order valence-corrected chi connectivity index (χ4v) is 5.19. The molecule has 5 rings (SSSR count). The number of aliphatic imine (C=N–C) groups is 1. The second-order valence-corrected chi connectivity index (χ2v) is 9.18. The summed E-state index contributed by atoms with van der Waals surface area (Å²) in [5.41, 5.74) is 7.72. The van der Waals surface area contributed by atoms with Gasteiger partial charge in [0.15, 0.2) is 11.5 Å². The van der Waals surface area contributed by atoms with E-state index in [1.165, 1.54) is 6.42 Å². The number of carbonyl (C=O) groups excluding carboxylic acids is 1. The molecule has 1 atom stereocenters. The first-order chi connectivity index (χ1) is 17.1. The third kappa shape index (κ3) is 4.36. The van der Waals surface area contributed by atoms with Gasteiger partial charge in [0.25, 0.3) is 5.91 Å². The van der Waals surface area contributed by atoms with E-state index >= 15 is 0 Å². The van der Waals surface area contributed by atoms with Crippen molar-refractivity contribution in [1.29, 1.82) is 0 Å². The van der Waals surface area contributed by atoms with E-state index in [-0.39, 0.29) is 17.9 Å². The number of methoxy groups -OCH3 is 1. The quantitative estimate of drug-likeness (QED) is 0.528. The highest BCUT2D eigenvalue weighted by Gasteiger charge is 2.52. The van der Waals surface area contributed by atoms with Gasteiger partial charge in [-0.2, -0.15) is 0 Å². The fourth-order valence-electron chi connectivity index (χ4n) is 5.19. The molecule has 1 heterocycles. The lowest BCUT2D eigenvalue weighted by atomic mass is 9.82. The number of nitrogens with two attached hydrogens (primary N) is 1. The molecule has 0 radical (unpaired) electrons. The maximum Gasteiger partial charge on any atom is 0.266 e. The molecular weight excluding hydrogens is 438 g/mol. The Bertz CT molecular complexity index is 1220. The Morgan fingerprint density at radius 1 is 0.914 bits per heavy atom. The van der Waals surface area contributed by atoms with Gasteiger partial charge in [-0.15, -0.1) is 0 Å². The van der Waals surface area contributed by atoms with Gasteiger partial charge in [0, 0.05) is 6.04 Å². The first kappa shape index (κ1) is 23.0. The van der Waals surface area contributed by atoms with Crippen LogP contribution in [-0.2, 0) is 16.9 Å². The Hall–Kier alpha value is -3.80. The summed E-state index contributed by atoms with van der Waals surface area (Å²) in [6.07, 6.45) is 5.26. The third-order valence-corrected chi connectivity index (χ3v) is 6.98. The number of hydrogen-bond acceptors (Lipinski definition) is 5. The summed E-state index contributed by atoms with van der Waals surface area (Å²) in [6, 6.07) is 25.2. The average molecular weight is 470 g/mol. The van der Waals surface area contributed by atoms with Gasteiger partial charge in [-0.05, 0) is 53.8 Å². The molecule has 6 heteroatoms. The predicted octanol–water partition coefficient (Wildman–Crippen LogP) is 5.01. The normalized spacial score (nSPS) is 20.5.